The van der Waals surface area contributed by atoms with Crippen LogP contribution in [0.2, 0.25) is 0 Å². The predicted octanol–water partition coefficient (Wildman–Crippen LogP) is 3.76. The molecule has 0 atom stereocenters. The van der Waals surface area contributed by atoms with Gasteiger partial charge >= 0.3 is 12.2 Å². The Hall–Kier alpha value is -1.79. The molecule has 3 nitrogen and oxygen atoms in total. The molecule has 0 aromatic heterocycles. The molecule has 7 heteroatoms. The van der Waals surface area contributed by atoms with Crippen LogP contribution in [0, 0.1) is 5.82 Å². The van der Waals surface area contributed by atoms with Crippen LogP contribution >= 0.6 is 0 Å². The third-order valence-corrected chi connectivity index (χ3v) is 2.03. The van der Waals surface area contributed by atoms with Gasteiger partial charge in [-0.3, -0.25) is 0 Å². The van der Waals surface area contributed by atoms with E-state index in [1.165, 1.54) is 0 Å². The third kappa shape index (κ3) is 4.76. The van der Waals surface area contributed by atoms with Gasteiger partial charge in [0.2, 0.25) is 0 Å². The van der Waals surface area contributed by atoms with Crippen molar-refractivity contribution < 1.29 is 22.4 Å². The summed E-state index contributed by atoms with van der Waals surface area (Å²) in [6.07, 6.45) is -4.59. The van der Waals surface area contributed by atoms with E-state index in [1.54, 1.807) is 20.8 Å². The number of halogens is 4. The molecule has 1 aromatic rings. The van der Waals surface area contributed by atoms with Gasteiger partial charge in [0, 0.05) is 5.54 Å². The Kier molecular flexibility index (Phi) is 4.07. The summed E-state index contributed by atoms with van der Waals surface area (Å²) in [4.78, 5) is 11.5. The molecule has 0 aliphatic rings. The summed E-state index contributed by atoms with van der Waals surface area (Å²) in [5.41, 5.74) is -2.13. The lowest BCUT2D eigenvalue weighted by molar-refractivity contribution is -0.137. The van der Waals surface area contributed by atoms with Crippen LogP contribution in [0.15, 0.2) is 18.2 Å². The number of carbonyl (C=O) groups excluding carboxylic acids is 1. The summed E-state index contributed by atoms with van der Waals surface area (Å²) in [7, 11) is 0. The zero-order valence-corrected chi connectivity index (χ0v) is 10.7. The molecule has 2 N–H and O–H groups in total. The maximum atomic E-state index is 13.3. The van der Waals surface area contributed by atoms with Crippen molar-refractivity contribution in [1.82, 2.24) is 5.32 Å². The van der Waals surface area contributed by atoms with E-state index in [4.69, 9.17) is 0 Å². The van der Waals surface area contributed by atoms with Crippen LogP contribution in [0.25, 0.3) is 0 Å². The third-order valence-electron chi connectivity index (χ3n) is 2.03. The molecule has 106 valence electrons. The van der Waals surface area contributed by atoms with Crippen LogP contribution in [-0.4, -0.2) is 11.6 Å². The zero-order valence-electron chi connectivity index (χ0n) is 10.7. The van der Waals surface area contributed by atoms with Crippen molar-refractivity contribution in [1.29, 1.82) is 0 Å². The van der Waals surface area contributed by atoms with E-state index in [9.17, 15) is 22.4 Å². The van der Waals surface area contributed by atoms with E-state index in [0.717, 1.165) is 0 Å². The normalized spacial score (nSPS) is 12.2. The number of rotatable bonds is 1. The molecule has 0 saturated heterocycles. The van der Waals surface area contributed by atoms with Crippen LogP contribution in [0.5, 0.6) is 0 Å². The number of amides is 2. The average molecular weight is 278 g/mol. The number of hydrogen-bond donors (Lipinski definition) is 2. The van der Waals surface area contributed by atoms with E-state index in [1.807, 2.05) is 0 Å². The van der Waals surface area contributed by atoms with Gasteiger partial charge in [0.15, 0.2) is 0 Å². The number of alkyl halides is 3. The van der Waals surface area contributed by atoms with Crippen molar-refractivity contribution in [3.8, 4) is 0 Å². The summed E-state index contributed by atoms with van der Waals surface area (Å²) in [5, 5.41) is 4.51. The molecular formula is C12H14F4N2O. The monoisotopic (exact) mass is 278 g/mol. The molecule has 0 aliphatic heterocycles. The van der Waals surface area contributed by atoms with Gasteiger partial charge in [-0.25, -0.2) is 9.18 Å². The van der Waals surface area contributed by atoms with Gasteiger partial charge < -0.3 is 10.6 Å². The summed E-state index contributed by atoms with van der Waals surface area (Å²) in [6.45, 7) is 5.07. The first kappa shape index (κ1) is 15.3. The molecule has 0 saturated carbocycles. The SMILES string of the molecule is CC(C)(C)NC(=O)Nc1cc(C(F)(F)F)ccc1F. The number of nitrogens with one attached hydrogen (secondary N) is 2. The van der Waals surface area contributed by atoms with E-state index >= 15 is 0 Å². The number of benzene rings is 1. The van der Waals surface area contributed by atoms with Gasteiger partial charge in [0.1, 0.15) is 5.82 Å². The maximum Gasteiger partial charge on any atom is 0.416 e. The molecule has 1 rings (SSSR count). The molecule has 1 aromatic carbocycles. The first-order valence-electron chi connectivity index (χ1n) is 5.45. The van der Waals surface area contributed by atoms with E-state index in [-0.39, 0.29) is 0 Å². The Bertz CT molecular complexity index is 478. The molecule has 0 radical (unpaired) electrons. The van der Waals surface area contributed by atoms with Gasteiger partial charge in [-0.05, 0) is 39.0 Å². The first-order chi connectivity index (χ1) is 8.49. The fraction of sp³-hybridized carbons (Fsp3) is 0.417. The molecule has 0 spiro atoms. The minimum Gasteiger partial charge on any atom is -0.333 e. The Morgan fingerprint density at radius 3 is 2.21 bits per heavy atom. The fourth-order valence-corrected chi connectivity index (χ4v) is 1.29. The molecule has 0 aliphatic carbocycles. The Balaban J connectivity index is 2.92. The zero-order chi connectivity index (χ0) is 14.8. The van der Waals surface area contributed by atoms with E-state index in [2.05, 4.69) is 10.6 Å². The smallest absolute Gasteiger partial charge is 0.333 e. The highest BCUT2D eigenvalue weighted by Crippen LogP contribution is 2.31. The van der Waals surface area contributed by atoms with Gasteiger partial charge in [0.25, 0.3) is 0 Å². The first-order valence-corrected chi connectivity index (χ1v) is 5.45. The number of urea groups is 1. The highest BCUT2D eigenvalue weighted by molar-refractivity contribution is 5.89. The highest BCUT2D eigenvalue weighted by Gasteiger charge is 2.31. The minimum absolute atomic E-state index is 0.517. The lowest BCUT2D eigenvalue weighted by Crippen LogP contribution is -2.43. The van der Waals surface area contributed by atoms with E-state index in [0.29, 0.717) is 18.2 Å². The molecule has 2 amide bonds. The largest absolute Gasteiger partial charge is 0.416 e. The van der Waals surface area contributed by atoms with E-state index < -0.39 is 34.8 Å². The fourth-order valence-electron chi connectivity index (χ4n) is 1.29. The molecule has 0 bridgehead atoms. The second-order valence-corrected chi connectivity index (χ2v) is 5.02. The summed E-state index contributed by atoms with van der Waals surface area (Å²) in [5.74, 6) is -0.933. The maximum absolute atomic E-state index is 13.3. The summed E-state index contributed by atoms with van der Waals surface area (Å²) in [6, 6.07) is 1.06. The lowest BCUT2D eigenvalue weighted by atomic mass is 10.1. The predicted molar refractivity (Wildman–Crippen MR) is 63.3 cm³/mol. The van der Waals surface area contributed by atoms with Crippen molar-refractivity contribution >= 4 is 11.7 Å². The van der Waals surface area contributed by atoms with Crippen molar-refractivity contribution in [3.05, 3.63) is 29.6 Å². The molecule has 0 heterocycles. The molecule has 0 unspecified atom stereocenters. The molecule has 19 heavy (non-hydrogen) atoms. The standard InChI is InChI=1S/C12H14F4N2O/c1-11(2,3)18-10(19)17-9-6-7(12(14,15)16)4-5-8(9)13/h4-6H,1-3H3,(H2,17,18,19). The number of carbonyl (C=O) groups is 1. The van der Waals surface area contributed by atoms with Crippen LogP contribution in [0.1, 0.15) is 26.3 Å². The van der Waals surface area contributed by atoms with Crippen molar-refractivity contribution in [2.75, 3.05) is 5.32 Å². The summed E-state index contributed by atoms with van der Waals surface area (Å²) < 4.78 is 50.7. The summed E-state index contributed by atoms with van der Waals surface area (Å²) >= 11 is 0. The highest BCUT2D eigenvalue weighted by atomic mass is 19.4. The Morgan fingerprint density at radius 2 is 1.74 bits per heavy atom. The van der Waals surface area contributed by atoms with Crippen molar-refractivity contribution in [3.63, 3.8) is 0 Å². The molecule has 0 fully saturated rings. The quantitative estimate of drug-likeness (QED) is 0.754. The van der Waals surface area contributed by atoms with Gasteiger partial charge in [0.05, 0.1) is 11.3 Å². The second kappa shape index (κ2) is 5.07. The van der Waals surface area contributed by atoms with Crippen molar-refractivity contribution in [2.45, 2.75) is 32.5 Å². The Labute approximate surface area is 108 Å². The second-order valence-electron chi connectivity index (χ2n) is 5.02. The molecular weight excluding hydrogens is 264 g/mol. The number of anilines is 1. The van der Waals surface area contributed by atoms with Gasteiger partial charge in [-0.2, -0.15) is 13.2 Å². The minimum atomic E-state index is -4.59. The van der Waals surface area contributed by atoms with Gasteiger partial charge in [-0.15, -0.1) is 0 Å². The average Bonchev–Trinajstić information content (AvgIpc) is 2.16. The van der Waals surface area contributed by atoms with Crippen LogP contribution < -0.4 is 10.6 Å². The van der Waals surface area contributed by atoms with Crippen LogP contribution in [0.3, 0.4) is 0 Å². The van der Waals surface area contributed by atoms with Gasteiger partial charge in [-0.1, -0.05) is 0 Å². The van der Waals surface area contributed by atoms with Crippen LogP contribution in [0.4, 0.5) is 28.0 Å². The van der Waals surface area contributed by atoms with Crippen molar-refractivity contribution in [2.24, 2.45) is 0 Å². The topological polar surface area (TPSA) is 41.1 Å². The number of hydrogen-bond acceptors (Lipinski definition) is 1. The van der Waals surface area contributed by atoms with Crippen LogP contribution in [-0.2, 0) is 6.18 Å². The lowest BCUT2D eigenvalue weighted by Gasteiger charge is -2.21. The Morgan fingerprint density at radius 1 is 1.16 bits per heavy atom.